The highest BCUT2D eigenvalue weighted by molar-refractivity contribution is 5.94. The van der Waals surface area contributed by atoms with Crippen LogP contribution >= 0.6 is 0 Å². The molecule has 0 aliphatic carbocycles. The zero-order valence-corrected chi connectivity index (χ0v) is 11.8. The number of amides is 1. The largest absolute Gasteiger partial charge is 0.416 e. The van der Waals surface area contributed by atoms with Crippen LogP contribution in [0.25, 0.3) is 0 Å². The molecule has 1 aromatic carbocycles. The predicted molar refractivity (Wildman–Crippen MR) is 70.5 cm³/mol. The van der Waals surface area contributed by atoms with E-state index in [1.165, 1.54) is 0 Å². The number of halogens is 6. The molecule has 1 aromatic rings. The van der Waals surface area contributed by atoms with Crippen molar-refractivity contribution in [1.82, 2.24) is 4.90 Å². The SMILES string of the molecule is NCCN(CCN)C(=O)c1cc(C(F)(F)F)cc(C(F)(F)F)c1. The molecule has 4 N–H and O–H groups in total. The Labute approximate surface area is 128 Å². The number of benzene rings is 1. The lowest BCUT2D eigenvalue weighted by Gasteiger charge is -2.22. The van der Waals surface area contributed by atoms with Gasteiger partial charge in [0.2, 0.25) is 0 Å². The fourth-order valence-corrected chi connectivity index (χ4v) is 1.89. The van der Waals surface area contributed by atoms with Crippen molar-refractivity contribution in [3.63, 3.8) is 0 Å². The molecule has 130 valence electrons. The van der Waals surface area contributed by atoms with E-state index in [0.717, 1.165) is 4.90 Å². The van der Waals surface area contributed by atoms with Crippen LogP contribution in [0, 0.1) is 0 Å². The van der Waals surface area contributed by atoms with Gasteiger partial charge in [-0.2, -0.15) is 26.3 Å². The summed E-state index contributed by atoms with van der Waals surface area (Å²) in [5.74, 6) is -0.988. The highest BCUT2D eigenvalue weighted by Crippen LogP contribution is 2.36. The van der Waals surface area contributed by atoms with Gasteiger partial charge < -0.3 is 16.4 Å². The molecule has 0 heterocycles. The third-order valence-corrected chi connectivity index (χ3v) is 2.92. The van der Waals surface area contributed by atoms with Crippen molar-refractivity contribution < 1.29 is 31.1 Å². The summed E-state index contributed by atoms with van der Waals surface area (Å²) in [6.45, 7) is -0.0745. The van der Waals surface area contributed by atoms with Crippen LogP contribution in [0.1, 0.15) is 21.5 Å². The van der Waals surface area contributed by atoms with E-state index in [0.29, 0.717) is 12.1 Å². The van der Waals surface area contributed by atoms with E-state index in [1.54, 1.807) is 0 Å². The third kappa shape index (κ3) is 5.10. The van der Waals surface area contributed by atoms with Gasteiger partial charge >= 0.3 is 12.4 Å². The van der Waals surface area contributed by atoms with E-state index < -0.39 is 35.0 Å². The minimum atomic E-state index is -5.01. The van der Waals surface area contributed by atoms with Gasteiger partial charge in [-0.05, 0) is 18.2 Å². The molecule has 0 atom stereocenters. The number of nitrogens with two attached hydrogens (primary N) is 2. The average Bonchev–Trinajstić information content (AvgIpc) is 2.44. The molecule has 1 amide bonds. The number of carbonyl (C=O) groups excluding carboxylic acids is 1. The number of alkyl halides is 6. The standard InChI is InChI=1S/C13H15F6N3O/c14-12(15,16)9-5-8(6-10(7-9)13(17,18)19)11(23)22(3-1-20)4-2-21/h5-7H,1-4,20-21H2. The Kier molecular flexibility index (Phi) is 6.00. The first-order chi connectivity index (χ1) is 10.5. The van der Waals surface area contributed by atoms with Crippen LogP contribution in [0.4, 0.5) is 26.3 Å². The summed E-state index contributed by atoms with van der Waals surface area (Å²) in [6.07, 6.45) is -10.0. The number of hydrogen-bond acceptors (Lipinski definition) is 3. The maximum atomic E-state index is 12.8. The fourth-order valence-electron chi connectivity index (χ4n) is 1.89. The maximum Gasteiger partial charge on any atom is 0.416 e. The van der Waals surface area contributed by atoms with E-state index in [4.69, 9.17) is 11.5 Å². The minimum absolute atomic E-state index is 0.00315. The number of nitrogens with zero attached hydrogens (tertiary/aromatic N) is 1. The van der Waals surface area contributed by atoms with Gasteiger partial charge in [0.1, 0.15) is 0 Å². The first-order valence-electron chi connectivity index (χ1n) is 6.49. The highest BCUT2D eigenvalue weighted by Gasteiger charge is 2.37. The van der Waals surface area contributed by atoms with Crippen LogP contribution in [-0.4, -0.2) is 37.0 Å². The summed E-state index contributed by atoms with van der Waals surface area (Å²) in [4.78, 5) is 13.2. The average molecular weight is 343 g/mol. The molecule has 0 fully saturated rings. The quantitative estimate of drug-likeness (QED) is 0.804. The number of rotatable bonds is 5. The highest BCUT2D eigenvalue weighted by atomic mass is 19.4. The van der Waals surface area contributed by atoms with Crippen molar-refractivity contribution >= 4 is 5.91 Å². The first-order valence-corrected chi connectivity index (χ1v) is 6.49. The molecule has 0 unspecified atom stereocenters. The molecule has 0 radical (unpaired) electrons. The number of hydrogen-bond donors (Lipinski definition) is 2. The van der Waals surface area contributed by atoms with Crippen molar-refractivity contribution in [3.05, 3.63) is 34.9 Å². The molecule has 0 aliphatic heterocycles. The molecular formula is C13H15F6N3O. The van der Waals surface area contributed by atoms with Crippen molar-refractivity contribution in [1.29, 1.82) is 0 Å². The fraction of sp³-hybridized carbons (Fsp3) is 0.462. The Bertz CT molecular complexity index is 517. The second-order valence-corrected chi connectivity index (χ2v) is 4.66. The van der Waals surface area contributed by atoms with Crippen LogP contribution in [0.5, 0.6) is 0 Å². The molecule has 23 heavy (non-hydrogen) atoms. The van der Waals surface area contributed by atoms with Crippen LogP contribution in [0.2, 0.25) is 0 Å². The van der Waals surface area contributed by atoms with E-state index in [-0.39, 0.29) is 32.2 Å². The van der Waals surface area contributed by atoms with Gasteiger partial charge in [-0.25, -0.2) is 0 Å². The van der Waals surface area contributed by atoms with Gasteiger partial charge in [0.15, 0.2) is 0 Å². The zero-order valence-electron chi connectivity index (χ0n) is 11.8. The molecule has 0 saturated carbocycles. The lowest BCUT2D eigenvalue weighted by atomic mass is 10.0. The lowest BCUT2D eigenvalue weighted by molar-refractivity contribution is -0.143. The Hall–Kier alpha value is -1.81. The second-order valence-electron chi connectivity index (χ2n) is 4.66. The summed E-state index contributed by atoms with van der Waals surface area (Å²) in [6, 6.07) is 0.738. The molecule has 0 saturated heterocycles. The van der Waals surface area contributed by atoms with Crippen molar-refractivity contribution in [3.8, 4) is 0 Å². The summed E-state index contributed by atoms with van der Waals surface area (Å²) in [5.41, 5.74) is 6.75. The minimum Gasteiger partial charge on any atom is -0.336 e. The smallest absolute Gasteiger partial charge is 0.336 e. The predicted octanol–water partition coefficient (Wildman–Crippen LogP) is 2.08. The first kappa shape index (κ1) is 19.2. The van der Waals surface area contributed by atoms with Gasteiger partial charge in [-0.3, -0.25) is 4.79 Å². The molecular weight excluding hydrogens is 328 g/mol. The van der Waals surface area contributed by atoms with Gasteiger partial charge in [-0.15, -0.1) is 0 Å². The second kappa shape index (κ2) is 7.18. The van der Waals surface area contributed by atoms with Crippen LogP contribution in [0.3, 0.4) is 0 Å². The van der Waals surface area contributed by atoms with E-state index in [1.807, 2.05) is 0 Å². The van der Waals surface area contributed by atoms with Gasteiger partial charge in [-0.1, -0.05) is 0 Å². The molecule has 1 rings (SSSR count). The summed E-state index contributed by atoms with van der Waals surface area (Å²) in [7, 11) is 0. The van der Waals surface area contributed by atoms with E-state index >= 15 is 0 Å². The normalized spacial score (nSPS) is 12.3. The molecule has 0 aliphatic rings. The van der Waals surface area contributed by atoms with E-state index in [9.17, 15) is 31.1 Å². The lowest BCUT2D eigenvalue weighted by Crippen LogP contribution is -2.39. The maximum absolute atomic E-state index is 12.8. The molecule has 0 spiro atoms. The zero-order chi connectivity index (χ0) is 17.8. The topological polar surface area (TPSA) is 72.3 Å². The third-order valence-electron chi connectivity index (χ3n) is 2.92. The molecule has 0 aromatic heterocycles. The van der Waals surface area contributed by atoms with Crippen molar-refractivity contribution in [2.45, 2.75) is 12.4 Å². The monoisotopic (exact) mass is 343 g/mol. The van der Waals surface area contributed by atoms with Crippen molar-refractivity contribution in [2.24, 2.45) is 11.5 Å². The summed E-state index contributed by atoms with van der Waals surface area (Å²) >= 11 is 0. The molecule has 0 bridgehead atoms. The molecule has 4 nitrogen and oxygen atoms in total. The van der Waals surface area contributed by atoms with Gasteiger partial charge in [0, 0.05) is 31.7 Å². The Morgan fingerprint density at radius 3 is 1.57 bits per heavy atom. The Morgan fingerprint density at radius 2 is 1.26 bits per heavy atom. The number of carbonyl (C=O) groups is 1. The van der Waals surface area contributed by atoms with E-state index in [2.05, 4.69) is 0 Å². The summed E-state index contributed by atoms with van der Waals surface area (Å²) < 4.78 is 76.6. The van der Waals surface area contributed by atoms with Crippen LogP contribution < -0.4 is 11.5 Å². The van der Waals surface area contributed by atoms with Gasteiger partial charge in [0.05, 0.1) is 11.1 Å². The van der Waals surface area contributed by atoms with Crippen LogP contribution in [-0.2, 0) is 12.4 Å². The van der Waals surface area contributed by atoms with Crippen LogP contribution in [0.15, 0.2) is 18.2 Å². The Balaban J connectivity index is 3.36. The molecule has 10 heteroatoms. The Morgan fingerprint density at radius 1 is 0.870 bits per heavy atom. The van der Waals surface area contributed by atoms with Crippen molar-refractivity contribution in [2.75, 3.05) is 26.2 Å². The van der Waals surface area contributed by atoms with Gasteiger partial charge in [0.25, 0.3) is 5.91 Å². The summed E-state index contributed by atoms with van der Waals surface area (Å²) in [5, 5.41) is 0.